The second-order valence-electron chi connectivity index (χ2n) is 3.04. The number of hydrogen-bond acceptors (Lipinski definition) is 0. The Morgan fingerprint density at radius 2 is 2.00 bits per heavy atom. The first-order valence-electron chi connectivity index (χ1n) is 4.09. The van der Waals surface area contributed by atoms with Crippen molar-refractivity contribution in [3.8, 4) is 0 Å². The molecule has 64 valence electrons. The highest BCUT2D eigenvalue weighted by Crippen LogP contribution is 2.13. The van der Waals surface area contributed by atoms with Crippen molar-refractivity contribution in [3.63, 3.8) is 0 Å². The van der Waals surface area contributed by atoms with Gasteiger partial charge in [-0.1, -0.05) is 36.7 Å². The van der Waals surface area contributed by atoms with E-state index in [1.807, 2.05) is 18.2 Å². The molecular weight excluding hydrogens is 168 g/mol. The van der Waals surface area contributed by atoms with Crippen molar-refractivity contribution in [1.29, 1.82) is 0 Å². The van der Waals surface area contributed by atoms with Gasteiger partial charge < -0.3 is 0 Å². The molecule has 1 rings (SSSR count). The summed E-state index contributed by atoms with van der Waals surface area (Å²) in [5.41, 5.74) is 1.31. The lowest BCUT2D eigenvalue weighted by molar-refractivity contribution is 0.725. The number of halogens is 1. The van der Waals surface area contributed by atoms with Crippen LogP contribution in [-0.4, -0.2) is 0 Å². The lowest BCUT2D eigenvalue weighted by Gasteiger charge is -2.04. The van der Waals surface area contributed by atoms with E-state index in [0.29, 0.717) is 5.92 Å². The van der Waals surface area contributed by atoms with Gasteiger partial charge in [-0.2, -0.15) is 0 Å². The summed E-state index contributed by atoms with van der Waals surface area (Å²) in [5, 5.41) is 0.796. The molecule has 0 bridgehead atoms. The molecule has 12 heavy (non-hydrogen) atoms. The van der Waals surface area contributed by atoms with Crippen molar-refractivity contribution >= 4 is 11.6 Å². The molecule has 0 aliphatic heterocycles. The van der Waals surface area contributed by atoms with Crippen LogP contribution < -0.4 is 0 Å². The first-order chi connectivity index (χ1) is 5.72. The second kappa shape index (κ2) is 4.32. The molecule has 1 aromatic carbocycles. The molecule has 0 nitrogen and oxygen atoms in total. The Morgan fingerprint density at radius 3 is 2.50 bits per heavy atom. The molecule has 1 aromatic rings. The Hall–Kier alpha value is -0.750. The number of rotatable bonds is 3. The van der Waals surface area contributed by atoms with Crippen molar-refractivity contribution in [3.05, 3.63) is 47.5 Å². The molecule has 1 atom stereocenters. The third-order valence-electron chi connectivity index (χ3n) is 1.87. The van der Waals surface area contributed by atoms with E-state index in [1.165, 1.54) is 5.56 Å². The van der Waals surface area contributed by atoms with Crippen molar-refractivity contribution in [1.82, 2.24) is 0 Å². The quantitative estimate of drug-likeness (QED) is 0.623. The summed E-state index contributed by atoms with van der Waals surface area (Å²) in [4.78, 5) is 0. The summed E-state index contributed by atoms with van der Waals surface area (Å²) >= 11 is 5.76. The zero-order valence-electron chi connectivity index (χ0n) is 7.26. The predicted octanol–water partition coefficient (Wildman–Crippen LogP) is 3.70. The third kappa shape index (κ3) is 2.71. The highest BCUT2D eigenvalue weighted by molar-refractivity contribution is 6.30. The van der Waals surface area contributed by atoms with Crippen molar-refractivity contribution < 1.29 is 0 Å². The smallest absolute Gasteiger partial charge is 0.0406 e. The van der Waals surface area contributed by atoms with Gasteiger partial charge in [-0.25, -0.2) is 0 Å². The van der Waals surface area contributed by atoms with E-state index in [9.17, 15) is 0 Å². The van der Waals surface area contributed by atoms with Crippen molar-refractivity contribution in [2.75, 3.05) is 0 Å². The monoisotopic (exact) mass is 180 g/mol. The van der Waals surface area contributed by atoms with Crippen LogP contribution in [0.2, 0.25) is 5.02 Å². The van der Waals surface area contributed by atoms with Crippen LogP contribution in [0.4, 0.5) is 0 Å². The summed E-state index contributed by atoms with van der Waals surface area (Å²) in [7, 11) is 0. The summed E-state index contributed by atoms with van der Waals surface area (Å²) in [5.74, 6) is 0.533. The molecule has 0 amide bonds. The standard InChI is InChI=1S/C11H13Cl/c1-3-9(2)8-10-4-6-11(12)7-5-10/h3-7,9H,1,8H2,2H3. The zero-order chi connectivity index (χ0) is 8.97. The molecular formula is C11H13Cl. The molecule has 0 fully saturated rings. The lowest BCUT2D eigenvalue weighted by atomic mass is 10.0. The van der Waals surface area contributed by atoms with Gasteiger partial charge in [-0.05, 0) is 30.0 Å². The van der Waals surface area contributed by atoms with Gasteiger partial charge in [0.05, 0.1) is 0 Å². The van der Waals surface area contributed by atoms with Crippen molar-refractivity contribution in [2.45, 2.75) is 13.3 Å². The molecule has 1 heteroatoms. The maximum Gasteiger partial charge on any atom is 0.0406 e. The maximum atomic E-state index is 5.76. The highest BCUT2D eigenvalue weighted by Gasteiger charge is 1.97. The Balaban J connectivity index is 2.64. The zero-order valence-corrected chi connectivity index (χ0v) is 8.01. The number of allylic oxidation sites excluding steroid dienone is 1. The van der Waals surface area contributed by atoms with E-state index in [1.54, 1.807) is 0 Å². The summed E-state index contributed by atoms with van der Waals surface area (Å²) in [6.45, 7) is 5.90. The topological polar surface area (TPSA) is 0 Å². The van der Waals surface area contributed by atoms with Gasteiger partial charge in [0, 0.05) is 5.02 Å². The molecule has 0 heterocycles. The second-order valence-corrected chi connectivity index (χ2v) is 3.48. The van der Waals surface area contributed by atoms with E-state index < -0.39 is 0 Å². The Labute approximate surface area is 78.9 Å². The SMILES string of the molecule is C=CC(C)Cc1ccc(Cl)cc1. The first kappa shape index (κ1) is 9.34. The molecule has 0 aromatic heterocycles. The largest absolute Gasteiger partial charge is 0.103 e. The molecule has 0 aliphatic carbocycles. The van der Waals surface area contributed by atoms with Crippen LogP contribution in [0, 0.1) is 5.92 Å². The lowest BCUT2D eigenvalue weighted by Crippen LogP contribution is -1.94. The molecule has 0 spiro atoms. The number of hydrogen-bond donors (Lipinski definition) is 0. The van der Waals surface area contributed by atoms with Crippen LogP contribution in [0.5, 0.6) is 0 Å². The van der Waals surface area contributed by atoms with Crippen LogP contribution in [0.15, 0.2) is 36.9 Å². The highest BCUT2D eigenvalue weighted by atomic mass is 35.5. The van der Waals surface area contributed by atoms with Gasteiger partial charge in [0.25, 0.3) is 0 Å². The predicted molar refractivity (Wildman–Crippen MR) is 54.5 cm³/mol. The fourth-order valence-electron chi connectivity index (χ4n) is 1.08. The third-order valence-corrected chi connectivity index (χ3v) is 2.13. The fourth-order valence-corrected chi connectivity index (χ4v) is 1.20. The summed E-state index contributed by atoms with van der Waals surface area (Å²) in [6, 6.07) is 7.96. The van der Waals surface area contributed by atoms with E-state index >= 15 is 0 Å². The van der Waals surface area contributed by atoms with Gasteiger partial charge in [0.2, 0.25) is 0 Å². The summed E-state index contributed by atoms with van der Waals surface area (Å²) in [6.07, 6.45) is 3.01. The minimum Gasteiger partial charge on any atom is -0.103 e. The number of benzene rings is 1. The normalized spacial score (nSPS) is 12.5. The molecule has 1 unspecified atom stereocenters. The molecule has 0 saturated carbocycles. The minimum atomic E-state index is 0.533. The first-order valence-corrected chi connectivity index (χ1v) is 4.47. The van der Waals surface area contributed by atoms with Crippen LogP contribution in [0.3, 0.4) is 0 Å². The Kier molecular flexibility index (Phi) is 3.36. The van der Waals surface area contributed by atoms with Gasteiger partial charge in [-0.3, -0.25) is 0 Å². The van der Waals surface area contributed by atoms with Gasteiger partial charge in [-0.15, -0.1) is 6.58 Å². The molecule has 0 radical (unpaired) electrons. The van der Waals surface area contributed by atoms with Crippen LogP contribution in [0.25, 0.3) is 0 Å². The van der Waals surface area contributed by atoms with Gasteiger partial charge in [0.1, 0.15) is 0 Å². The maximum absolute atomic E-state index is 5.76. The van der Waals surface area contributed by atoms with Crippen LogP contribution >= 0.6 is 11.6 Å². The van der Waals surface area contributed by atoms with E-state index in [0.717, 1.165) is 11.4 Å². The fraction of sp³-hybridized carbons (Fsp3) is 0.273. The Bertz CT molecular complexity index is 248. The minimum absolute atomic E-state index is 0.533. The van der Waals surface area contributed by atoms with Crippen LogP contribution in [-0.2, 0) is 6.42 Å². The molecule has 0 aliphatic rings. The molecule has 0 N–H and O–H groups in total. The summed E-state index contributed by atoms with van der Waals surface area (Å²) < 4.78 is 0. The van der Waals surface area contributed by atoms with E-state index in [2.05, 4.69) is 25.6 Å². The Morgan fingerprint density at radius 1 is 1.42 bits per heavy atom. The van der Waals surface area contributed by atoms with E-state index in [-0.39, 0.29) is 0 Å². The van der Waals surface area contributed by atoms with E-state index in [4.69, 9.17) is 11.6 Å². The average molecular weight is 181 g/mol. The average Bonchev–Trinajstić information content (AvgIpc) is 2.09. The molecule has 0 saturated heterocycles. The van der Waals surface area contributed by atoms with Crippen molar-refractivity contribution in [2.24, 2.45) is 5.92 Å². The van der Waals surface area contributed by atoms with Gasteiger partial charge >= 0.3 is 0 Å². The van der Waals surface area contributed by atoms with Gasteiger partial charge in [0.15, 0.2) is 0 Å². The van der Waals surface area contributed by atoms with Crippen LogP contribution in [0.1, 0.15) is 12.5 Å².